The maximum Gasteiger partial charge on any atom is 0.203 e. The molecule has 6 atom stereocenters. The van der Waals surface area contributed by atoms with Gasteiger partial charge in [-0.15, -0.1) is 0 Å². The molecule has 18 rings (SSSR count). The van der Waals surface area contributed by atoms with Gasteiger partial charge in [-0.1, -0.05) is 279 Å². The molecule has 12 aromatic carbocycles. The van der Waals surface area contributed by atoms with E-state index in [0.717, 1.165) is 39.8 Å². The van der Waals surface area contributed by atoms with E-state index in [1.807, 2.05) is 188 Å². The first kappa shape index (κ1) is 95.4. The molecular weight excluding hydrogens is 1870 g/mol. The number of hydrogen-bond acceptors (Lipinski definition) is 15. The van der Waals surface area contributed by atoms with Gasteiger partial charge in [0.25, 0.3) is 0 Å². The molecule has 0 amide bonds. The number of hydrogen-bond donors (Lipinski definition) is 3. The minimum Gasteiger partial charge on any atom is -0.459 e. The Labute approximate surface area is 772 Å². The molecule has 6 unspecified atom stereocenters. The van der Waals surface area contributed by atoms with Crippen LogP contribution in [0.2, 0.25) is 0 Å². The second kappa shape index (κ2) is 42.1. The van der Waals surface area contributed by atoms with Crippen LogP contribution in [0.1, 0.15) is 138 Å². The highest BCUT2D eigenvalue weighted by Gasteiger charge is 2.29. The number of aliphatic hydroxyl groups excluding tert-OH is 1. The van der Waals surface area contributed by atoms with Crippen LogP contribution in [-0.4, -0.2) is 5.11 Å². The van der Waals surface area contributed by atoms with Crippen molar-refractivity contribution in [2.24, 2.45) is 11.5 Å². The third-order valence-electron chi connectivity index (χ3n) is 21.5. The average Bonchev–Trinajstić information content (AvgIpc) is 0.786. The molecule has 0 fully saturated rings. The Balaban J connectivity index is 0.000000134. The highest BCUT2D eigenvalue weighted by atomic mass is 79.9. The highest BCUT2D eigenvalue weighted by Crippen LogP contribution is 2.40. The summed E-state index contributed by atoms with van der Waals surface area (Å²) >= 11 is 10.4. The van der Waals surface area contributed by atoms with Gasteiger partial charge in [-0.25, -0.2) is 26.3 Å². The first-order chi connectivity index (χ1) is 62.8. The van der Waals surface area contributed by atoms with E-state index in [1.165, 1.54) is 79.7 Å². The molecule has 0 saturated carbocycles. The smallest absolute Gasteiger partial charge is 0.203 e. The van der Waals surface area contributed by atoms with Crippen LogP contribution in [0.15, 0.2) is 328 Å². The molecule has 0 aliphatic heterocycles. The maximum absolute atomic E-state index is 14.1. The molecule has 0 saturated heterocycles. The molecule has 5 N–H and O–H groups in total. The Bertz CT molecular complexity index is 7350. The van der Waals surface area contributed by atoms with Crippen LogP contribution < -0.4 is 44.0 Å². The Morgan fingerprint density at radius 2 is 0.527 bits per heavy atom. The van der Waals surface area contributed by atoms with Gasteiger partial charge < -0.3 is 43.1 Å². The summed E-state index contributed by atoms with van der Waals surface area (Å²) in [6.07, 6.45) is 0.392. The van der Waals surface area contributed by atoms with Crippen molar-refractivity contribution in [3.05, 3.63) is 420 Å². The number of nitrogens with two attached hydrogens (primary N) is 2. The van der Waals surface area contributed by atoms with Crippen LogP contribution in [-0.2, 0) is 0 Å². The highest BCUT2D eigenvalue weighted by molar-refractivity contribution is 9.09. The molecule has 6 heterocycles. The number of fused-ring (bicyclic) bond motifs is 6. The summed E-state index contributed by atoms with van der Waals surface area (Å²) < 4.78 is 119. The molecule has 0 aliphatic carbocycles. The van der Waals surface area contributed by atoms with Gasteiger partial charge in [0.15, 0.2) is 0 Å². The Hall–Kier alpha value is -13.2. The van der Waals surface area contributed by atoms with Gasteiger partial charge in [-0.05, 0) is 167 Å². The third kappa shape index (κ3) is 20.7. The molecule has 0 bridgehead atoms. The van der Waals surface area contributed by atoms with Crippen molar-refractivity contribution in [1.29, 1.82) is 0 Å². The van der Waals surface area contributed by atoms with Crippen LogP contribution in [0, 0.1) is 55.7 Å². The summed E-state index contributed by atoms with van der Waals surface area (Å²) in [4.78, 5) is 76.5. The van der Waals surface area contributed by atoms with E-state index in [0.29, 0.717) is 79.7 Å². The van der Waals surface area contributed by atoms with Gasteiger partial charge in [0.05, 0.1) is 59.9 Å². The molecule has 0 radical (unpaired) electrons. The van der Waals surface area contributed by atoms with Gasteiger partial charge in [0, 0.05) is 0 Å². The lowest BCUT2D eigenvalue weighted by Gasteiger charge is -2.14. The predicted octanol–water partition coefficient (Wildman–Crippen LogP) is 27.8. The quantitative estimate of drug-likeness (QED) is 0.0676. The summed E-state index contributed by atoms with van der Waals surface area (Å²) in [5, 5.41) is 9.79. The molecule has 666 valence electrons. The molecule has 6 aromatic heterocycles. The van der Waals surface area contributed by atoms with Crippen molar-refractivity contribution in [1.82, 2.24) is 0 Å². The van der Waals surface area contributed by atoms with Crippen LogP contribution in [0.25, 0.3) is 133 Å². The maximum atomic E-state index is 14.1. The monoisotopic (exact) mass is 1960 g/mol. The van der Waals surface area contributed by atoms with Crippen molar-refractivity contribution in [2.45, 2.75) is 108 Å². The molecule has 0 aliphatic rings. The first-order valence-corrected chi connectivity index (χ1v) is 44.6. The van der Waals surface area contributed by atoms with Crippen molar-refractivity contribution in [3.63, 3.8) is 0 Å². The van der Waals surface area contributed by atoms with Crippen LogP contribution in [0.5, 0.6) is 0 Å². The first-order valence-electron chi connectivity index (χ1n) is 41.8. The number of halogens is 9. The Kier molecular flexibility index (Phi) is 30.7. The van der Waals surface area contributed by atoms with Crippen molar-refractivity contribution in [2.75, 3.05) is 0 Å². The van der Waals surface area contributed by atoms with E-state index in [4.69, 9.17) is 38.0 Å². The van der Waals surface area contributed by atoms with Gasteiger partial charge in [0.1, 0.15) is 141 Å². The fourth-order valence-electron chi connectivity index (χ4n) is 15.1. The summed E-state index contributed by atoms with van der Waals surface area (Å²) in [5.74, 6) is -1.01. The summed E-state index contributed by atoms with van der Waals surface area (Å²) in [6.45, 7) is 16.7. The lowest BCUT2D eigenvalue weighted by atomic mass is 9.98. The minimum absolute atomic E-state index is 0.000839. The van der Waals surface area contributed by atoms with Crippen LogP contribution >= 0.6 is 47.8 Å². The second-order valence-corrected chi connectivity index (χ2v) is 34.8. The summed E-state index contributed by atoms with van der Waals surface area (Å²) in [6, 6.07) is 75.0. The third-order valence-corrected chi connectivity index (χ3v) is 23.3. The van der Waals surface area contributed by atoms with E-state index >= 15 is 0 Å². The lowest BCUT2D eigenvalue weighted by Crippen LogP contribution is -2.17. The van der Waals surface area contributed by atoms with Gasteiger partial charge in [-0.2, -0.15) is 0 Å². The molecule has 131 heavy (non-hydrogen) atoms. The number of alkyl halides is 3. The normalized spacial score (nSPS) is 12.5. The Morgan fingerprint density at radius 3 is 0.809 bits per heavy atom. The minimum atomic E-state index is -0.976. The zero-order valence-electron chi connectivity index (χ0n) is 72.3. The van der Waals surface area contributed by atoms with Crippen LogP contribution in [0.3, 0.4) is 0 Å². The zero-order valence-corrected chi connectivity index (χ0v) is 77.0. The fourth-order valence-corrected chi connectivity index (χ4v) is 16.1. The predicted molar refractivity (Wildman–Crippen MR) is 519 cm³/mol. The molecule has 15 nitrogen and oxygen atoms in total. The van der Waals surface area contributed by atoms with Crippen molar-refractivity contribution >= 4 is 114 Å². The lowest BCUT2D eigenvalue weighted by molar-refractivity contribution is 0.171. The second-order valence-electron chi connectivity index (χ2n) is 31.0. The molecule has 24 heteroatoms. The number of rotatable bonds is 14. The molecular formula is C107H87Br3F6N2O13. The van der Waals surface area contributed by atoms with E-state index in [-0.39, 0.29) is 113 Å². The van der Waals surface area contributed by atoms with E-state index < -0.39 is 63.9 Å². The molecule has 0 spiro atoms. The SMILES string of the molecule is CC(Br)c1oc2cccc(F)c2c(=O)c1-c1ccccc1.CCC(Br)c1oc2cccc(F)c2c(=O)c1-c1ccccc1.CCC(N)c1oc2cccc(F)c2c(=O)c1-c1ccccc1.Cc1ccc(-c2c(C(C)Br)oc3cccc(F)c3c2=O)cc1.Cc1cccc(-c2c(C(C)N)oc3cccc(F)c3c2=O)c1.Cc1cccc(-c2c(C(C)O)oc3cccc(F)c3c2=O)c1. The van der Waals surface area contributed by atoms with Crippen molar-refractivity contribution in [3.8, 4) is 66.8 Å². The van der Waals surface area contributed by atoms with Gasteiger partial charge in [-0.3, -0.25) is 28.8 Å². The van der Waals surface area contributed by atoms with Crippen molar-refractivity contribution < 1.29 is 58.0 Å². The largest absolute Gasteiger partial charge is 0.459 e. The summed E-state index contributed by atoms with van der Waals surface area (Å²) in [5.41, 5.74) is 20.5. The fraction of sp³-hybridized carbons (Fsp3) is 0.159. The van der Waals surface area contributed by atoms with Gasteiger partial charge >= 0.3 is 0 Å². The van der Waals surface area contributed by atoms with E-state index in [1.54, 1.807) is 67.6 Å². The van der Waals surface area contributed by atoms with Gasteiger partial charge in [0.2, 0.25) is 32.6 Å². The average molecular weight is 1960 g/mol. The number of aryl methyl sites for hydroxylation is 3. The van der Waals surface area contributed by atoms with E-state index in [9.17, 15) is 60.2 Å². The summed E-state index contributed by atoms with van der Waals surface area (Å²) in [7, 11) is 0. The number of benzene rings is 12. The van der Waals surface area contributed by atoms with E-state index in [2.05, 4.69) is 47.8 Å². The standard InChI is InChI=1S/2C18H14BrFO2.2C18H16FNO2.C18H15FO3.C17H12BrFO2/c1-10-6-8-12(9-7-10)15-17(21)16-13(20)4-3-5-14(16)22-18(15)11(2)19;1-2-12(19)18-15(11-7-4-3-5-8-11)17(21)16-13(20)9-6-10-14(16)22-18;1-10-5-3-6-12(9-10)15-17(21)16-13(19)7-4-8-14(16)22-18(15)11(2)20;1-2-13(20)18-15(11-7-4-3-5-8-11)17(21)16-12(19)9-6-10-14(16)22-18;1-10-5-3-6-12(9-10)15-17(21)16-13(19)7-4-8-14(16)22-18(15)11(2)20;1-10(18)17-14(11-6-3-2-4-7-11)16(20)15-12(19)8-5-9-13(15)21-17/h3-9,11H,1-2H3;3-10,12H,2H2,1H3;3-9,11H,20H2,1-2H3;3-10,13H,2,20H2,1H3;3-9,11,20H,1-2H3;2-10H,1H3. The number of aliphatic hydroxyl groups is 1. The van der Waals surface area contributed by atoms with Crippen LogP contribution in [0.4, 0.5) is 26.3 Å². The molecule has 18 aromatic rings. The topological polar surface area (TPSA) is 254 Å². The Morgan fingerprint density at radius 1 is 0.282 bits per heavy atom. The zero-order chi connectivity index (χ0) is 93.9.